The standard InChI is InChI=1S/C10H13ClN2O3S/c1-13(6-7-17(2,15)16)10(14)8-4-3-5-9(11)12-8/h3-5H,6-7H2,1-2H3. The molecule has 0 aliphatic carbocycles. The van der Waals surface area contributed by atoms with E-state index in [1.54, 1.807) is 12.1 Å². The van der Waals surface area contributed by atoms with Crippen molar-refractivity contribution >= 4 is 27.3 Å². The predicted molar refractivity (Wildman–Crippen MR) is 65.9 cm³/mol. The fourth-order valence-electron chi connectivity index (χ4n) is 1.13. The van der Waals surface area contributed by atoms with Crippen molar-refractivity contribution < 1.29 is 13.2 Å². The van der Waals surface area contributed by atoms with Crippen LogP contribution in [0.5, 0.6) is 0 Å². The van der Waals surface area contributed by atoms with Gasteiger partial charge in [-0.25, -0.2) is 13.4 Å². The summed E-state index contributed by atoms with van der Waals surface area (Å²) in [4.78, 5) is 17.0. The molecule has 0 radical (unpaired) electrons. The van der Waals surface area contributed by atoms with E-state index < -0.39 is 9.84 Å². The minimum atomic E-state index is -3.08. The average Bonchev–Trinajstić information content (AvgIpc) is 2.24. The highest BCUT2D eigenvalue weighted by atomic mass is 35.5. The van der Waals surface area contributed by atoms with Crippen molar-refractivity contribution in [3.8, 4) is 0 Å². The molecule has 17 heavy (non-hydrogen) atoms. The van der Waals surface area contributed by atoms with Gasteiger partial charge >= 0.3 is 0 Å². The maximum absolute atomic E-state index is 11.8. The third-order valence-corrected chi connectivity index (χ3v) is 3.21. The quantitative estimate of drug-likeness (QED) is 0.765. The third-order valence-electron chi connectivity index (χ3n) is 2.08. The Morgan fingerprint density at radius 3 is 2.65 bits per heavy atom. The zero-order valence-corrected chi connectivity index (χ0v) is 11.1. The van der Waals surface area contributed by atoms with E-state index in [4.69, 9.17) is 11.6 Å². The van der Waals surface area contributed by atoms with Crippen LogP contribution in [0.2, 0.25) is 5.15 Å². The summed E-state index contributed by atoms with van der Waals surface area (Å²) in [7, 11) is -1.56. The van der Waals surface area contributed by atoms with Gasteiger partial charge < -0.3 is 4.90 Å². The molecule has 7 heteroatoms. The minimum Gasteiger partial charge on any atom is -0.339 e. The predicted octanol–water partition coefficient (Wildman–Crippen LogP) is 0.852. The van der Waals surface area contributed by atoms with Crippen LogP contribution in [-0.2, 0) is 9.84 Å². The number of rotatable bonds is 4. The van der Waals surface area contributed by atoms with Crippen LogP contribution in [-0.4, -0.2) is 49.8 Å². The molecule has 0 saturated carbocycles. The third kappa shape index (κ3) is 4.70. The summed E-state index contributed by atoms with van der Waals surface area (Å²) in [5, 5.41) is 0.229. The molecule has 0 aliphatic heterocycles. The highest BCUT2D eigenvalue weighted by Gasteiger charge is 2.14. The lowest BCUT2D eigenvalue weighted by Gasteiger charge is -2.15. The number of carbonyl (C=O) groups excluding carboxylic acids is 1. The van der Waals surface area contributed by atoms with E-state index in [1.807, 2.05) is 0 Å². The monoisotopic (exact) mass is 276 g/mol. The van der Waals surface area contributed by atoms with E-state index in [0.717, 1.165) is 6.26 Å². The number of halogens is 1. The van der Waals surface area contributed by atoms with Gasteiger partial charge in [-0.05, 0) is 12.1 Å². The van der Waals surface area contributed by atoms with Crippen LogP contribution in [0.4, 0.5) is 0 Å². The number of nitrogens with zero attached hydrogens (tertiary/aromatic N) is 2. The van der Waals surface area contributed by atoms with E-state index in [2.05, 4.69) is 4.98 Å². The summed E-state index contributed by atoms with van der Waals surface area (Å²) < 4.78 is 21.9. The van der Waals surface area contributed by atoms with Gasteiger partial charge in [0.2, 0.25) is 0 Å². The van der Waals surface area contributed by atoms with Crippen LogP contribution in [0.3, 0.4) is 0 Å². The zero-order chi connectivity index (χ0) is 13.1. The number of amides is 1. The van der Waals surface area contributed by atoms with Crippen molar-refractivity contribution in [2.45, 2.75) is 0 Å². The van der Waals surface area contributed by atoms with Gasteiger partial charge in [-0.3, -0.25) is 4.79 Å². The SMILES string of the molecule is CN(CCS(C)(=O)=O)C(=O)c1cccc(Cl)n1. The molecule has 0 atom stereocenters. The summed E-state index contributed by atoms with van der Waals surface area (Å²) in [6.07, 6.45) is 1.13. The largest absolute Gasteiger partial charge is 0.339 e. The fraction of sp³-hybridized carbons (Fsp3) is 0.400. The Hall–Kier alpha value is -1.14. The van der Waals surface area contributed by atoms with Crippen molar-refractivity contribution in [1.82, 2.24) is 9.88 Å². The van der Waals surface area contributed by atoms with Crippen molar-refractivity contribution in [2.75, 3.05) is 25.6 Å². The lowest BCUT2D eigenvalue weighted by Crippen LogP contribution is -2.31. The zero-order valence-electron chi connectivity index (χ0n) is 9.55. The Morgan fingerprint density at radius 2 is 2.12 bits per heavy atom. The molecule has 1 aromatic rings. The molecular formula is C10H13ClN2O3S. The molecule has 0 saturated heterocycles. The van der Waals surface area contributed by atoms with Gasteiger partial charge in [-0.1, -0.05) is 17.7 Å². The van der Waals surface area contributed by atoms with E-state index in [1.165, 1.54) is 18.0 Å². The Balaban J connectivity index is 2.70. The van der Waals surface area contributed by atoms with Crippen molar-refractivity contribution in [2.24, 2.45) is 0 Å². The molecule has 1 rings (SSSR count). The first-order valence-corrected chi connectivity index (χ1v) is 7.29. The maximum atomic E-state index is 11.8. The number of hydrogen-bond acceptors (Lipinski definition) is 4. The number of sulfone groups is 1. The summed E-state index contributed by atoms with van der Waals surface area (Å²) >= 11 is 5.67. The van der Waals surface area contributed by atoms with Crippen LogP contribution in [0.1, 0.15) is 10.5 Å². The van der Waals surface area contributed by atoms with Gasteiger partial charge in [0, 0.05) is 19.8 Å². The molecule has 0 N–H and O–H groups in total. The van der Waals surface area contributed by atoms with E-state index in [-0.39, 0.29) is 29.1 Å². The Morgan fingerprint density at radius 1 is 1.47 bits per heavy atom. The Labute approximate surface area is 105 Å². The molecule has 94 valence electrons. The van der Waals surface area contributed by atoms with Crippen molar-refractivity contribution in [3.05, 3.63) is 29.0 Å². The molecule has 5 nitrogen and oxygen atoms in total. The molecule has 0 spiro atoms. The Bertz CT molecular complexity index is 516. The Kier molecular flexibility index (Phi) is 4.47. The molecule has 0 fully saturated rings. The van der Waals surface area contributed by atoms with Crippen molar-refractivity contribution in [1.29, 1.82) is 0 Å². The first-order chi connectivity index (χ1) is 7.79. The maximum Gasteiger partial charge on any atom is 0.272 e. The fourth-order valence-corrected chi connectivity index (χ4v) is 1.90. The molecule has 0 aromatic carbocycles. The second-order valence-corrected chi connectivity index (χ2v) is 6.35. The normalized spacial score (nSPS) is 11.2. The summed E-state index contributed by atoms with van der Waals surface area (Å²) in [6.45, 7) is 0.131. The van der Waals surface area contributed by atoms with Gasteiger partial charge in [0.1, 0.15) is 20.7 Å². The smallest absolute Gasteiger partial charge is 0.272 e. The van der Waals surface area contributed by atoms with Gasteiger partial charge in [0.25, 0.3) is 5.91 Å². The first kappa shape index (κ1) is 13.9. The van der Waals surface area contributed by atoms with Gasteiger partial charge in [0.05, 0.1) is 5.75 Å². The van der Waals surface area contributed by atoms with Gasteiger partial charge in [0.15, 0.2) is 0 Å². The average molecular weight is 277 g/mol. The molecule has 1 amide bonds. The highest BCUT2D eigenvalue weighted by molar-refractivity contribution is 7.90. The first-order valence-electron chi connectivity index (χ1n) is 4.85. The topological polar surface area (TPSA) is 67.3 Å². The van der Waals surface area contributed by atoms with Crippen LogP contribution in [0.25, 0.3) is 0 Å². The molecule has 0 aliphatic rings. The lowest BCUT2D eigenvalue weighted by atomic mass is 10.3. The molecule has 1 heterocycles. The van der Waals surface area contributed by atoms with Crippen LogP contribution in [0, 0.1) is 0 Å². The van der Waals surface area contributed by atoms with E-state index in [0.29, 0.717) is 0 Å². The number of hydrogen-bond donors (Lipinski definition) is 0. The van der Waals surface area contributed by atoms with Gasteiger partial charge in [-0.2, -0.15) is 0 Å². The summed E-state index contributed by atoms with van der Waals surface area (Å²) in [5.41, 5.74) is 0.202. The second-order valence-electron chi connectivity index (χ2n) is 3.70. The van der Waals surface area contributed by atoms with Gasteiger partial charge in [-0.15, -0.1) is 0 Å². The number of carbonyl (C=O) groups is 1. The van der Waals surface area contributed by atoms with E-state index in [9.17, 15) is 13.2 Å². The second kappa shape index (κ2) is 5.46. The number of aromatic nitrogens is 1. The molecule has 0 bridgehead atoms. The molecular weight excluding hydrogens is 264 g/mol. The summed E-state index contributed by atoms with van der Waals surface area (Å²) in [5.74, 6) is -0.424. The molecule has 1 aromatic heterocycles. The lowest BCUT2D eigenvalue weighted by molar-refractivity contribution is 0.0797. The highest BCUT2D eigenvalue weighted by Crippen LogP contribution is 2.07. The molecule has 0 unspecified atom stereocenters. The van der Waals surface area contributed by atoms with Crippen LogP contribution < -0.4 is 0 Å². The van der Waals surface area contributed by atoms with Crippen molar-refractivity contribution in [3.63, 3.8) is 0 Å². The summed E-state index contributed by atoms with van der Waals surface area (Å²) in [6, 6.07) is 4.72. The van der Waals surface area contributed by atoms with E-state index >= 15 is 0 Å². The number of pyridine rings is 1. The van der Waals surface area contributed by atoms with Crippen LogP contribution in [0.15, 0.2) is 18.2 Å². The van der Waals surface area contributed by atoms with Crippen LogP contribution >= 0.6 is 11.6 Å². The minimum absolute atomic E-state index is 0.0736.